The summed E-state index contributed by atoms with van der Waals surface area (Å²) in [6, 6.07) is 14.3. The molecule has 9 heteroatoms. The van der Waals surface area contributed by atoms with E-state index in [0.29, 0.717) is 35.7 Å². The second-order valence-electron chi connectivity index (χ2n) is 10.1. The molecular formula is C29H40ClN3O4S. The molecule has 0 unspecified atom stereocenters. The fourth-order valence-corrected chi connectivity index (χ4v) is 6.28. The lowest BCUT2D eigenvalue weighted by molar-refractivity contribution is -0.141. The normalized spacial score (nSPS) is 15.1. The van der Waals surface area contributed by atoms with Crippen LogP contribution in [0, 0.1) is 6.92 Å². The summed E-state index contributed by atoms with van der Waals surface area (Å²) in [5, 5.41) is 3.67. The standard InChI is InChI=1S/C29H40ClN3O4S/c1-4-26(29(35)31-24-15-9-6-10-16-24)32(21-23-13-7-5-8-14-23)28(34)19-12-20-33(38(3,36)37)27-18-11-17-25(30)22(27)2/h5,7-8,11,13-14,17-18,24,26H,4,6,9-10,12,15-16,19-21H2,1-3H3,(H,31,35)/t26-/m1/s1. The van der Waals surface area contributed by atoms with Crippen molar-refractivity contribution in [2.45, 2.75) is 83.8 Å². The van der Waals surface area contributed by atoms with E-state index < -0.39 is 16.1 Å². The van der Waals surface area contributed by atoms with Gasteiger partial charge in [0, 0.05) is 30.6 Å². The fraction of sp³-hybridized carbons (Fsp3) is 0.517. The number of benzene rings is 2. The van der Waals surface area contributed by atoms with Crippen LogP contribution in [-0.2, 0) is 26.2 Å². The molecule has 1 aliphatic rings. The first-order valence-corrected chi connectivity index (χ1v) is 15.7. The summed E-state index contributed by atoms with van der Waals surface area (Å²) < 4.78 is 26.5. The third-order valence-corrected chi connectivity index (χ3v) is 8.78. The Bertz CT molecular complexity index is 1180. The first kappa shape index (κ1) is 30.0. The first-order valence-electron chi connectivity index (χ1n) is 13.5. The summed E-state index contributed by atoms with van der Waals surface area (Å²) in [5.74, 6) is -0.285. The molecule has 1 saturated carbocycles. The Hall–Kier alpha value is -2.58. The topological polar surface area (TPSA) is 86.8 Å². The molecule has 1 fully saturated rings. The Kier molecular flexibility index (Phi) is 11.0. The fourth-order valence-electron chi connectivity index (χ4n) is 5.09. The second-order valence-corrected chi connectivity index (χ2v) is 12.4. The maximum Gasteiger partial charge on any atom is 0.243 e. The van der Waals surface area contributed by atoms with Crippen LogP contribution in [0.15, 0.2) is 48.5 Å². The third-order valence-electron chi connectivity index (χ3n) is 7.19. The van der Waals surface area contributed by atoms with Gasteiger partial charge >= 0.3 is 0 Å². The van der Waals surface area contributed by atoms with Gasteiger partial charge in [0.25, 0.3) is 0 Å². The number of hydrogen-bond donors (Lipinski definition) is 1. The van der Waals surface area contributed by atoms with Crippen LogP contribution in [0.5, 0.6) is 0 Å². The number of nitrogens with one attached hydrogen (secondary N) is 1. The number of hydrogen-bond acceptors (Lipinski definition) is 4. The SMILES string of the molecule is CC[C@H](C(=O)NC1CCCCC1)N(Cc1ccccc1)C(=O)CCCN(c1cccc(Cl)c1C)S(C)(=O)=O. The molecule has 1 N–H and O–H groups in total. The van der Waals surface area contributed by atoms with E-state index in [-0.39, 0.29) is 30.8 Å². The van der Waals surface area contributed by atoms with E-state index in [9.17, 15) is 18.0 Å². The van der Waals surface area contributed by atoms with Crippen molar-refractivity contribution >= 4 is 39.1 Å². The number of amides is 2. The summed E-state index contributed by atoms with van der Waals surface area (Å²) in [5.41, 5.74) is 2.12. The number of rotatable bonds is 12. The van der Waals surface area contributed by atoms with Crippen LogP contribution in [-0.4, -0.2) is 50.0 Å². The van der Waals surface area contributed by atoms with Crippen molar-refractivity contribution in [3.05, 3.63) is 64.7 Å². The van der Waals surface area contributed by atoms with Crippen molar-refractivity contribution in [2.24, 2.45) is 0 Å². The van der Waals surface area contributed by atoms with Crippen LogP contribution in [0.2, 0.25) is 5.02 Å². The van der Waals surface area contributed by atoms with Crippen LogP contribution in [0.4, 0.5) is 5.69 Å². The zero-order chi connectivity index (χ0) is 27.7. The lowest BCUT2D eigenvalue weighted by Gasteiger charge is -2.33. The van der Waals surface area contributed by atoms with Gasteiger partial charge in [-0.1, -0.05) is 74.2 Å². The van der Waals surface area contributed by atoms with Gasteiger partial charge in [0.2, 0.25) is 21.8 Å². The number of carbonyl (C=O) groups is 2. The van der Waals surface area contributed by atoms with Crippen LogP contribution in [0.1, 0.15) is 69.4 Å². The maximum atomic E-state index is 13.6. The van der Waals surface area contributed by atoms with Crippen molar-refractivity contribution in [2.75, 3.05) is 17.1 Å². The van der Waals surface area contributed by atoms with E-state index in [1.54, 1.807) is 30.0 Å². The summed E-state index contributed by atoms with van der Waals surface area (Å²) in [6.07, 6.45) is 7.43. The Morgan fingerprint density at radius 1 is 1.05 bits per heavy atom. The molecule has 0 aromatic heterocycles. The van der Waals surface area contributed by atoms with E-state index in [1.807, 2.05) is 37.3 Å². The maximum absolute atomic E-state index is 13.6. The molecule has 0 aliphatic heterocycles. The Morgan fingerprint density at radius 2 is 1.74 bits per heavy atom. The highest BCUT2D eigenvalue weighted by atomic mass is 35.5. The summed E-state index contributed by atoms with van der Waals surface area (Å²) >= 11 is 6.24. The Balaban J connectivity index is 1.75. The van der Waals surface area contributed by atoms with Crippen molar-refractivity contribution in [3.63, 3.8) is 0 Å². The molecule has 38 heavy (non-hydrogen) atoms. The predicted molar refractivity (Wildman–Crippen MR) is 154 cm³/mol. The van der Waals surface area contributed by atoms with E-state index in [2.05, 4.69) is 5.32 Å². The average Bonchev–Trinajstić information content (AvgIpc) is 2.89. The van der Waals surface area contributed by atoms with Gasteiger partial charge in [-0.2, -0.15) is 0 Å². The summed E-state index contributed by atoms with van der Waals surface area (Å²) in [6.45, 7) is 4.15. The molecule has 2 aromatic rings. The van der Waals surface area contributed by atoms with Crippen molar-refractivity contribution < 1.29 is 18.0 Å². The van der Waals surface area contributed by atoms with Gasteiger partial charge in [-0.15, -0.1) is 0 Å². The molecule has 0 bridgehead atoms. The van der Waals surface area contributed by atoms with Crippen molar-refractivity contribution in [1.29, 1.82) is 0 Å². The van der Waals surface area contributed by atoms with Gasteiger partial charge in [-0.25, -0.2) is 8.42 Å². The quantitative estimate of drug-likeness (QED) is 0.373. The lowest BCUT2D eigenvalue weighted by Crippen LogP contribution is -2.51. The zero-order valence-corrected chi connectivity index (χ0v) is 24.2. The number of carbonyl (C=O) groups excluding carboxylic acids is 2. The van der Waals surface area contributed by atoms with Crippen molar-refractivity contribution in [3.8, 4) is 0 Å². The molecule has 2 amide bonds. The molecule has 2 aromatic carbocycles. The number of sulfonamides is 1. The summed E-state index contributed by atoms with van der Waals surface area (Å²) in [4.78, 5) is 28.6. The minimum absolute atomic E-state index is 0.115. The van der Waals surface area contributed by atoms with E-state index in [0.717, 1.165) is 37.5 Å². The average molecular weight is 562 g/mol. The van der Waals surface area contributed by atoms with Gasteiger partial charge < -0.3 is 10.2 Å². The Morgan fingerprint density at radius 3 is 2.37 bits per heavy atom. The molecule has 0 saturated heterocycles. The molecule has 1 atom stereocenters. The summed E-state index contributed by atoms with van der Waals surface area (Å²) in [7, 11) is -3.59. The largest absolute Gasteiger partial charge is 0.352 e. The number of anilines is 1. The van der Waals surface area contributed by atoms with Gasteiger partial charge in [0.15, 0.2) is 0 Å². The van der Waals surface area contributed by atoms with Crippen LogP contribution < -0.4 is 9.62 Å². The smallest absolute Gasteiger partial charge is 0.243 e. The molecule has 0 spiro atoms. The molecule has 0 heterocycles. The molecule has 1 aliphatic carbocycles. The van der Waals surface area contributed by atoms with E-state index >= 15 is 0 Å². The highest BCUT2D eigenvalue weighted by Crippen LogP contribution is 2.28. The van der Waals surface area contributed by atoms with Crippen LogP contribution >= 0.6 is 11.6 Å². The minimum Gasteiger partial charge on any atom is -0.352 e. The van der Waals surface area contributed by atoms with Gasteiger partial charge in [-0.05, 0) is 55.9 Å². The highest BCUT2D eigenvalue weighted by molar-refractivity contribution is 7.92. The number of halogens is 1. The molecule has 208 valence electrons. The molecule has 7 nitrogen and oxygen atoms in total. The van der Waals surface area contributed by atoms with E-state index in [1.165, 1.54) is 10.7 Å². The first-order chi connectivity index (χ1) is 18.1. The minimum atomic E-state index is -3.59. The van der Waals surface area contributed by atoms with Gasteiger partial charge in [-0.3, -0.25) is 13.9 Å². The zero-order valence-electron chi connectivity index (χ0n) is 22.7. The Labute approximate surface area is 232 Å². The second kappa shape index (κ2) is 14.0. The molecule has 3 rings (SSSR count). The van der Waals surface area contributed by atoms with Gasteiger partial charge in [0.05, 0.1) is 11.9 Å². The monoisotopic (exact) mass is 561 g/mol. The van der Waals surface area contributed by atoms with Crippen LogP contribution in [0.25, 0.3) is 0 Å². The third kappa shape index (κ3) is 8.21. The molecular weight excluding hydrogens is 522 g/mol. The number of nitrogens with zero attached hydrogens (tertiary/aromatic N) is 2. The molecule has 0 radical (unpaired) electrons. The van der Waals surface area contributed by atoms with Crippen LogP contribution in [0.3, 0.4) is 0 Å². The lowest BCUT2D eigenvalue weighted by atomic mass is 9.95. The van der Waals surface area contributed by atoms with Gasteiger partial charge in [0.1, 0.15) is 6.04 Å². The highest BCUT2D eigenvalue weighted by Gasteiger charge is 2.30. The van der Waals surface area contributed by atoms with Crippen molar-refractivity contribution in [1.82, 2.24) is 10.2 Å². The van der Waals surface area contributed by atoms with E-state index in [4.69, 9.17) is 11.6 Å². The predicted octanol–water partition coefficient (Wildman–Crippen LogP) is 5.45.